The minimum atomic E-state index is -0.550. The summed E-state index contributed by atoms with van der Waals surface area (Å²) in [5.74, 6) is 0.491. The first-order valence-electron chi connectivity index (χ1n) is 9.36. The van der Waals surface area contributed by atoms with E-state index in [1.165, 1.54) is 4.68 Å². The molecule has 158 valence electrons. The summed E-state index contributed by atoms with van der Waals surface area (Å²) in [5.41, 5.74) is 2.60. The molecule has 32 heavy (non-hydrogen) atoms. The molecule has 1 aromatic heterocycles. The second-order valence-electron chi connectivity index (χ2n) is 6.71. The molecule has 0 aliphatic carbocycles. The van der Waals surface area contributed by atoms with Gasteiger partial charge in [0.15, 0.2) is 0 Å². The number of nitrogens with zero attached hydrogens (tertiary/aromatic N) is 3. The number of halogens is 2. The molecule has 0 saturated carbocycles. The summed E-state index contributed by atoms with van der Waals surface area (Å²) in [5, 5.41) is 29.5. The fraction of sp³-hybridized carbons (Fsp3) is 0. The van der Waals surface area contributed by atoms with Gasteiger partial charge in [0.25, 0.3) is 0 Å². The van der Waals surface area contributed by atoms with Gasteiger partial charge < -0.3 is 10.4 Å². The highest BCUT2D eigenvalue weighted by Crippen LogP contribution is 2.29. The summed E-state index contributed by atoms with van der Waals surface area (Å²) >= 11 is 12.2. The number of phenolic OH excluding ortho intramolecular Hbond substituents is 1. The average molecular weight is 464 g/mol. The van der Waals surface area contributed by atoms with E-state index >= 15 is 0 Å². The number of carbonyl (C=O) groups is 1. The molecule has 9 heteroatoms. The molecular formula is C23H15Cl2N5O2. The highest BCUT2D eigenvalue weighted by molar-refractivity contribution is 6.42. The van der Waals surface area contributed by atoms with E-state index in [0.29, 0.717) is 38.5 Å². The van der Waals surface area contributed by atoms with Gasteiger partial charge in [0, 0.05) is 11.6 Å². The Hall–Kier alpha value is -3.99. The Balaban J connectivity index is 1.70. The Bertz CT molecular complexity index is 1340. The number of rotatable bonds is 4. The predicted molar refractivity (Wildman–Crippen MR) is 124 cm³/mol. The van der Waals surface area contributed by atoms with E-state index in [1.54, 1.807) is 72.8 Å². The van der Waals surface area contributed by atoms with Crippen molar-refractivity contribution in [2.24, 2.45) is 0 Å². The van der Waals surface area contributed by atoms with Crippen LogP contribution in [0.4, 0.5) is 16.3 Å². The lowest BCUT2D eigenvalue weighted by Crippen LogP contribution is -2.21. The van der Waals surface area contributed by atoms with Gasteiger partial charge in [0.05, 0.1) is 32.7 Å². The summed E-state index contributed by atoms with van der Waals surface area (Å²) in [6.45, 7) is 0. The van der Waals surface area contributed by atoms with E-state index < -0.39 is 6.03 Å². The van der Waals surface area contributed by atoms with Crippen molar-refractivity contribution in [2.45, 2.75) is 0 Å². The number of anilines is 2. The van der Waals surface area contributed by atoms with Crippen molar-refractivity contribution in [3.63, 3.8) is 0 Å². The molecule has 7 nitrogen and oxygen atoms in total. The normalized spacial score (nSPS) is 10.4. The largest absolute Gasteiger partial charge is 0.508 e. The van der Waals surface area contributed by atoms with Crippen molar-refractivity contribution < 1.29 is 9.90 Å². The maximum absolute atomic E-state index is 12.7. The Labute approximate surface area is 193 Å². The molecule has 3 aromatic carbocycles. The van der Waals surface area contributed by atoms with Crippen molar-refractivity contribution in [3.8, 4) is 28.8 Å². The van der Waals surface area contributed by atoms with Gasteiger partial charge in [0.2, 0.25) is 0 Å². The van der Waals surface area contributed by atoms with Crippen LogP contribution in [0.1, 0.15) is 5.56 Å². The summed E-state index contributed by atoms with van der Waals surface area (Å²) < 4.78 is 1.51. The summed E-state index contributed by atoms with van der Waals surface area (Å²) in [4.78, 5) is 12.7. The van der Waals surface area contributed by atoms with Gasteiger partial charge in [0.1, 0.15) is 17.6 Å². The Morgan fingerprint density at radius 3 is 2.44 bits per heavy atom. The minimum absolute atomic E-state index is 0.131. The first-order chi connectivity index (χ1) is 15.4. The molecule has 1 heterocycles. The summed E-state index contributed by atoms with van der Waals surface area (Å²) in [6.07, 6.45) is 0. The Morgan fingerprint density at radius 1 is 0.969 bits per heavy atom. The van der Waals surface area contributed by atoms with E-state index in [4.69, 9.17) is 23.2 Å². The van der Waals surface area contributed by atoms with Crippen molar-refractivity contribution in [1.82, 2.24) is 9.78 Å². The number of hydrogen-bond donors (Lipinski definition) is 3. The van der Waals surface area contributed by atoms with Crippen LogP contribution in [0.25, 0.3) is 16.9 Å². The predicted octanol–water partition coefficient (Wildman–Crippen LogP) is 6.07. The summed E-state index contributed by atoms with van der Waals surface area (Å²) in [7, 11) is 0. The SMILES string of the molecule is N#Cc1ccccc1NC(=O)Nc1cc(-c2ccc(O)cc2)nn1-c1ccc(Cl)c(Cl)c1. The molecule has 0 unspecified atom stereocenters. The number of para-hydroxylation sites is 1. The van der Waals surface area contributed by atoms with E-state index in [1.807, 2.05) is 6.07 Å². The lowest BCUT2D eigenvalue weighted by molar-refractivity contribution is 0.262. The van der Waals surface area contributed by atoms with Crippen LogP contribution in [-0.4, -0.2) is 20.9 Å². The van der Waals surface area contributed by atoms with Crippen molar-refractivity contribution >= 4 is 40.7 Å². The number of aromatic nitrogens is 2. The van der Waals surface area contributed by atoms with Gasteiger partial charge in [-0.05, 0) is 54.6 Å². The fourth-order valence-electron chi connectivity index (χ4n) is 3.02. The molecule has 2 amide bonds. The van der Waals surface area contributed by atoms with Gasteiger partial charge in [-0.25, -0.2) is 9.48 Å². The van der Waals surface area contributed by atoms with Crippen molar-refractivity contribution in [3.05, 3.63) is 88.4 Å². The maximum Gasteiger partial charge on any atom is 0.324 e. The number of phenols is 1. The second-order valence-corrected chi connectivity index (χ2v) is 7.52. The molecule has 4 rings (SSSR count). The van der Waals surface area contributed by atoms with Crippen LogP contribution in [0.2, 0.25) is 10.0 Å². The topological polar surface area (TPSA) is 103 Å². The highest BCUT2D eigenvalue weighted by atomic mass is 35.5. The smallest absolute Gasteiger partial charge is 0.324 e. The standard InChI is InChI=1S/C23H15Cl2N5O2/c24-18-10-7-16(11-19(18)25)30-22(12-21(29-30)14-5-8-17(31)9-6-14)28-23(32)27-20-4-2-1-3-15(20)13-26/h1-12,31H,(H2,27,28,32). The molecule has 0 fully saturated rings. The number of nitriles is 1. The number of amides is 2. The van der Waals surface area contributed by atoms with Crippen LogP contribution in [0, 0.1) is 11.3 Å². The molecular weight excluding hydrogens is 449 g/mol. The highest BCUT2D eigenvalue weighted by Gasteiger charge is 2.16. The zero-order valence-corrected chi connectivity index (χ0v) is 17.9. The third-order valence-electron chi connectivity index (χ3n) is 4.56. The number of nitrogens with one attached hydrogen (secondary N) is 2. The molecule has 0 radical (unpaired) electrons. The number of hydrogen-bond acceptors (Lipinski definition) is 4. The first-order valence-corrected chi connectivity index (χ1v) is 10.1. The van der Waals surface area contributed by atoms with Gasteiger partial charge in [-0.15, -0.1) is 0 Å². The van der Waals surface area contributed by atoms with Crippen LogP contribution in [-0.2, 0) is 0 Å². The first kappa shape index (κ1) is 21.2. The van der Waals surface area contributed by atoms with Crippen LogP contribution >= 0.6 is 23.2 Å². The van der Waals surface area contributed by atoms with Crippen LogP contribution in [0.15, 0.2) is 72.8 Å². The molecule has 0 saturated heterocycles. The van der Waals surface area contributed by atoms with E-state index in [2.05, 4.69) is 15.7 Å². The lowest BCUT2D eigenvalue weighted by atomic mass is 10.1. The number of carbonyl (C=O) groups excluding carboxylic acids is 1. The summed E-state index contributed by atoms with van der Waals surface area (Å²) in [6, 6.07) is 21.4. The van der Waals surface area contributed by atoms with Gasteiger partial charge in [-0.3, -0.25) is 5.32 Å². The lowest BCUT2D eigenvalue weighted by Gasteiger charge is -2.11. The van der Waals surface area contributed by atoms with Crippen LogP contribution in [0.5, 0.6) is 5.75 Å². The van der Waals surface area contributed by atoms with Gasteiger partial charge in [-0.1, -0.05) is 35.3 Å². The van der Waals surface area contributed by atoms with E-state index in [0.717, 1.165) is 5.56 Å². The van der Waals surface area contributed by atoms with Crippen molar-refractivity contribution in [1.29, 1.82) is 5.26 Å². The van der Waals surface area contributed by atoms with E-state index in [9.17, 15) is 15.2 Å². The number of benzene rings is 3. The van der Waals surface area contributed by atoms with Crippen molar-refractivity contribution in [2.75, 3.05) is 10.6 Å². The Kier molecular flexibility index (Phi) is 5.99. The van der Waals surface area contributed by atoms with Gasteiger partial charge >= 0.3 is 6.03 Å². The van der Waals surface area contributed by atoms with Gasteiger partial charge in [-0.2, -0.15) is 10.4 Å². The number of aromatic hydroxyl groups is 1. The Morgan fingerprint density at radius 2 is 1.72 bits per heavy atom. The van der Waals surface area contributed by atoms with Crippen LogP contribution in [0.3, 0.4) is 0 Å². The zero-order valence-electron chi connectivity index (χ0n) is 16.4. The second kappa shape index (κ2) is 9.02. The monoisotopic (exact) mass is 463 g/mol. The molecule has 0 spiro atoms. The maximum atomic E-state index is 12.7. The molecule has 0 bridgehead atoms. The zero-order chi connectivity index (χ0) is 22.7. The minimum Gasteiger partial charge on any atom is -0.508 e. The fourth-order valence-corrected chi connectivity index (χ4v) is 3.31. The molecule has 3 N–H and O–H groups in total. The number of urea groups is 1. The molecule has 0 atom stereocenters. The quantitative estimate of drug-likeness (QED) is 0.341. The third kappa shape index (κ3) is 4.52. The average Bonchev–Trinajstić information content (AvgIpc) is 3.20. The molecule has 0 aliphatic heterocycles. The van der Waals surface area contributed by atoms with Crippen LogP contribution < -0.4 is 10.6 Å². The third-order valence-corrected chi connectivity index (χ3v) is 5.30. The molecule has 0 aliphatic rings. The van der Waals surface area contributed by atoms with E-state index in [-0.39, 0.29) is 5.75 Å². The molecule has 4 aromatic rings.